The molecule has 0 amide bonds. The summed E-state index contributed by atoms with van der Waals surface area (Å²) in [5.74, 6) is -0.758. The van der Waals surface area contributed by atoms with E-state index in [1.54, 1.807) is 91.0 Å². The second kappa shape index (κ2) is 24.2. The maximum atomic E-state index is 12.7. The Hall–Kier alpha value is -8.62. The van der Waals surface area contributed by atoms with Crippen molar-refractivity contribution in [3.8, 4) is 11.5 Å². The number of aromatic nitrogens is 8. The van der Waals surface area contributed by atoms with Gasteiger partial charge in [0, 0.05) is 33.5 Å². The van der Waals surface area contributed by atoms with Gasteiger partial charge in [0.05, 0.1) is 40.5 Å². The SMILES string of the molecule is O=S(=O)(O)c1cc(Nc2nc(Cl)nc(Nc3ccc4c(O)c(N=Nc5nc6cc(Cl)c(Cl)cc6s5)ccc4c3)n2)ccc1C=Cc1ccc(Nc2nc(Cl)nc(Nc3ccc4c(O)c(N=Nc5nc6cc(Cl)c(Cl)cc6s5)c(S(=O)(=O)O)cc4c3)n2)cc1. The van der Waals surface area contributed by atoms with Gasteiger partial charge in [-0.3, -0.25) is 9.11 Å². The van der Waals surface area contributed by atoms with Gasteiger partial charge in [0.15, 0.2) is 11.5 Å². The van der Waals surface area contributed by atoms with Crippen LogP contribution in [0.5, 0.6) is 11.5 Å². The number of hydrogen-bond donors (Lipinski definition) is 8. The first-order valence-corrected chi connectivity index (χ1v) is 31.5. The van der Waals surface area contributed by atoms with Gasteiger partial charge in [0.25, 0.3) is 20.2 Å². The van der Waals surface area contributed by atoms with Crippen molar-refractivity contribution >= 4 is 235 Å². The molecule has 0 bridgehead atoms. The Morgan fingerprint density at radius 1 is 0.432 bits per heavy atom. The lowest BCUT2D eigenvalue weighted by molar-refractivity contribution is 0.472. The minimum atomic E-state index is -4.96. The van der Waals surface area contributed by atoms with Crippen LogP contribution in [0.25, 0.3) is 54.1 Å². The van der Waals surface area contributed by atoms with E-state index in [2.05, 4.69) is 81.6 Å². The summed E-state index contributed by atoms with van der Waals surface area (Å²) in [5.41, 5.74) is 3.04. The number of hydrogen-bond acceptors (Lipinski definition) is 24. The molecule has 0 unspecified atom stereocenters. The first-order valence-electron chi connectivity index (χ1n) is 24.7. The smallest absolute Gasteiger partial charge is 0.296 e. The van der Waals surface area contributed by atoms with Gasteiger partial charge in [0.1, 0.15) is 21.2 Å². The second-order valence-corrected chi connectivity index (χ2v) is 25.5. The van der Waals surface area contributed by atoms with E-state index in [0.29, 0.717) is 69.3 Å². The van der Waals surface area contributed by atoms with E-state index in [1.807, 2.05) is 0 Å². The molecule has 8 aromatic carbocycles. The molecule has 88 heavy (non-hydrogen) atoms. The van der Waals surface area contributed by atoms with Crippen LogP contribution in [0.2, 0.25) is 30.7 Å². The van der Waals surface area contributed by atoms with E-state index in [4.69, 9.17) is 69.6 Å². The molecule has 34 heteroatoms. The number of azo groups is 2. The highest BCUT2D eigenvalue weighted by Crippen LogP contribution is 2.44. The summed E-state index contributed by atoms with van der Waals surface area (Å²) in [6.07, 6.45) is 3.12. The van der Waals surface area contributed by atoms with Crippen molar-refractivity contribution in [2.45, 2.75) is 9.79 Å². The number of nitrogens with zero attached hydrogens (tertiary/aromatic N) is 12. The average Bonchev–Trinajstić information content (AvgIpc) is 1.86. The molecule has 12 aromatic rings. The standard InChI is InChI=1S/C54H30Cl6N16O8S4/c55-33-19-38-40(21-35(33)57)85-53(65-38)75-73-37-14-6-25-15-28(10-12-31(25)45(37)77)62-50-69-48(60)70-52(72-50)64-30-9-5-24(42(18-30)87(79,80)81)4-1-23-2-7-27(8-3-23)61-49-67-47(59)68-51(71-49)63-29-11-13-32-26(16-29)17-43(88(82,83)84)44(46(32)78)74-76-54-66-39-20-34(56)36(58)22-41(39)86-54/h1-22,77-78H,(H,79,80,81)(H,82,83,84)(H2,61,63,67,68,71)(H2,62,64,69,70,72). The number of fused-ring (bicyclic) bond motifs is 4. The zero-order chi connectivity index (χ0) is 61.8. The number of phenolic OH excluding ortho intramolecular Hbond substituents is 2. The zero-order valence-corrected chi connectivity index (χ0v) is 51.2. The fourth-order valence-corrected chi connectivity index (χ4v) is 12.6. The number of thiazole rings is 2. The Morgan fingerprint density at radius 3 is 1.44 bits per heavy atom. The zero-order valence-electron chi connectivity index (χ0n) is 43.4. The van der Waals surface area contributed by atoms with Crippen molar-refractivity contribution in [2.75, 3.05) is 21.3 Å². The molecule has 24 nitrogen and oxygen atoms in total. The van der Waals surface area contributed by atoms with Crippen molar-refractivity contribution in [1.29, 1.82) is 0 Å². The Kier molecular flexibility index (Phi) is 16.4. The summed E-state index contributed by atoms with van der Waals surface area (Å²) in [5, 5.41) is 53.5. The molecule has 0 fully saturated rings. The molecule has 0 radical (unpaired) electrons. The first kappa shape index (κ1) is 59.7. The average molecular weight is 1370 g/mol. The molecule has 0 atom stereocenters. The normalized spacial score (nSPS) is 12.2. The van der Waals surface area contributed by atoms with Crippen molar-refractivity contribution in [3.63, 3.8) is 0 Å². The number of anilines is 8. The molecular weight excluding hydrogens is 1340 g/mol. The molecule has 12 rings (SSSR count). The predicted octanol–water partition coefficient (Wildman–Crippen LogP) is 17.4. The molecule has 0 spiro atoms. The lowest BCUT2D eigenvalue weighted by Gasteiger charge is -2.12. The maximum Gasteiger partial charge on any atom is 0.296 e. The first-order chi connectivity index (χ1) is 42.0. The number of nitrogens with one attached hydrogen (secondary N) is 4. The van der Waals surface area contributed by atoms with Gasteiger partial charge in [-0.25, -0.2) is 9.97 Å². The molecule has 0 saturated heterocycles. The molecular formula is C54H30Cl6N16O8S4. The molecule has 4 heterocycles. The van der Waals surface area contributed by atoms with Crippen LogP contribution in [0.3, 0.4) is 0 Å². The van der Waals surface area contributed by atoms with E-state index in [9.17, 15) is 36.2 Å². The Morgan fingerprint density at radius 2 is 0.898 bits per heavy atom. The molecule has 4 aromatic heterocycles. The lowest BCUT2D eigenvalue weighted by Crippen LogP contribution is -2.06. The number of benzene rings is 8. The number of aromatic hydroxyl groups is 2. The molecule has 8 N–H and O–H groups in total. The molecule has 440 valence electrons. The third-order valence-electron chi connectivity index (χ3n) is 12.5. The molecule has 0 aliphatic carbocycles. The van der Waals surface area contributed by atoms with E-state index in [0.717, 1.165) is 22.1 Å². The summed E-state index contributed by atoms with van der Waals surface area (Å²) >= 11 is 39.4. The van der Waals surface area contributed by atoms with Crippen LogP contribution in [-0.4, -0.2) is 76.0 Å². The number of phenols is 2. The molecule has 0 saturated carbocycles. The maximum absolute atomic E-state index is 12.7. The summed E-state index contributed by atoms with van der Waals surface area (Å²) in [4.78, 5) is 32.9. The van der Waals surface area contributed by atoms with Crippen molar-refractivity contribution in [1.82, 2.24) is 39.9 Å². The van der Waals surface area contributed by atoms with E-state index in [1.165, 1.54) is 47.7 Å². The van der Waals surface area contributed by atoms with Crippen LogP contribution < -0.4 is 21.3 Å². The van der Waals surface area contributed by atoms with Gasteiger partial charge in [-0.2, -0.15) is 46.7 Å². The van der Waals surface area contributed by atoms with Crippen LogP contribution in [0, 0.1) is 0 Å². The fourth-order valence-electron chi connectivity index (χ4n) is 8.56. The quantitative estimate of drug-likeness (QED) is 0.0253. The van der Waals surface area contributed by atoms with Gasteiger partial charge in [-0.15, -0.1) is 20.5 Å². The monoisotopic (exact) mass is 1370 g/mol. The van der Waals surface area contributed by atoms with Crippen molar-refractivity contribution < 1.29 is 36.2 Å². The minimum Gasteiger partial charge on any atom is -0.505 e. The van der Waals surface area contributed by atoms with Crippen LogP contribution in [0.15, 0.2) is 152 Å². The van der Waals surface area contributed by atoms with Crippen LogP contribution in [-0.2, 0) is 20.2 Å². The van der Waals surface area contributed by atoms with Gasteiger partial charge < -0.3 is 31.5 Å². The molecule has 0 aliphatic rings. The van der Waals surface area contributed by atoms with Gasteiger partial charge >= 0.3 is 0 Å². The second-order valence-electron chi connectivity index (χ2n) is 18.4. The summed E-state index contributed by atoms with van der Waals surface area (Å²) < 4.78 is 72.6. The largest absolute Gasteiger partial charge is 0.505 e. The van der Waals surface area contributed by atoms with Crippen LogP contribution >= 0.6 is 92.3 Å². The Labute approximate surface area is 532 Å². The minimum absolute atomic E-state index is 0.0200. The highest BCUT2D eigenvalue weighted by atomic mass is 35.5. The van der Waals surface area contributed by atoms with Gasteiger partial charge in [-0.05, 0) is 142 Å². The van der Waals surface area contributed by atoms with Crippen molar-refractivity contribution in [3.05, 3.63) is 163 Å². The third-order valence-corrected chi connectivity index (χ3v) is 17.9. The van der Waals surface area contributed by atoms with Crippen LogP contribution in [0.1, 0.15) is 11.1 Å². The van der Waals surface area contributed by atoms with Crippen molar-refractivity contribution in [2.24, 2.45) is 20.5 Å². The number of rotatable bonds is 16. The summed E-state index contributed by atoms with van der Waals surface area (Å²) in [6.45, 7) is 0. The highest BCUT2D eigenvalue weighted by Gasteiger charge is 2.24. The van der Waals surface area contributed by atoms with Crippen LogP contribution in [0.4, 0.5) is 68.2 Å². The third kappa shape index (κ3) is 13.3. The Bertz CT molecular complexity index is 5120. The number of halogens is 6. The van der Waals surface area contributed by atoms with Gasteiger partial charge in [0.2, 0.25) is 44.6 Å². The highest BCUT2D eigenvalue weighted by molar-refractivity contribution is 7.86. The topological polar surface area (TPSA) is 350 Å². The summed E-state index contributed by atoms with van der Waals surface area (Å²) in [7, 11) is -9.74. The Balaban J connectivity index is 0.697. The lowest BCUT2D eigenvalue weighted by atomic mass is 10.1. The molecule has 0 aliphatic heterocycles. The van der Waals surface area contributed by atoms with E-state index >= 15 is 0 Å². The summed E-state index contributed by atoms with van der Waals surface area (Å²) in [6, 6.07) is 31.4. The fraction of sp³-hybridized carbons (Fsp3) is 0. The predicted molar refractivity (Wildman–Crippen MR) is 343 cm³/mol. The van der Waals surface area contributed by atoms with Gasteiger partial charge in [-0.1, -0.05) is 105 Å². The van der Waals surface area contributed by atoms with E-state index < -0.39 is 41.5 Å². The van der Waals surface area contributed by atoms with E-state index in [-0.39, 0.29) is 78.0 Å².